The maximum Gasteiger partial charge on any atom is 0.332 e. The zero-order valence-corrected chi connectivity index (χ0v) is 5.98. The van der Waals surface area contributed by atoms with E-state index in [0.29, 0.717) is 0 Å². The van der Waals surface area contributed by atoms with Crippen molar-refractivity contribution in [3.8, 4) is 0 Å². The summed E-state index contributed by atoms with van der Waals surface area (Å²) in [5.74, 6) is -5.76. The van der Waals surface area contributed by atoms with Crippen LogP contribution in [0.3, 0.4) is 0 Å². The maximum atomic E-state index is 10.3. The first-order chi connectivity index (χ1) is 5.39. The fourth-order valence-electron chi connectivity index (χ4n) is 0.595. The predicted octanol–water partition coefficient (Wildman–Crippen LogP) is -0.549. The molecule has 12 heavy (non-hydrogen) atoms. The molecule has 0 spiro atoms. The fourth-order valence-corrected chi connectivity index (χ4v) is 0.595. The van der Waals surface area contributed by atoms with E-state index in [1.165, 1.54) is 0 Å². The van der Waals surface area contributed by atoms with Crippen LogP contribution < -0.4 is 0 Å². The summed E-state index contributed by atoms with van der Waals surface area (Å²) in [4.78, 5) is 31.0. The van der Waals surface area contributed by atoms with E-state index in [0.717, 1.165) is 0 Å². The minimum absolute atomic E-state index is 0.743. The normalized spacial score (nSPS) is 10.8. The number of hydrogen-bond acceptors (Lipinski definition) is 3. The van der Waals surface area contributed by atoms with Gasteiger partial charge in [-0.15, -0.1) is 0 Å². The standard InChI is InChI=1S/C6H7O6/c1-2-6(3(7)8,4(9)10)5(11)12/h1-2H2,(H,7,8)(H,9,10)(H,11,12). The Morgan fingerprint density at radius 3 is 1.25 bits per heavy atom. The Kier molecular flexibility index (Phi) is 2.78. The third-order valence-corrected chi connectivity index (χ3v) is 1.47. The molecule has 0 aliphatic rings. The summed E-state index contributed by atoms with van der Waals surface area (Å²) in [6.45, 7) is 2.98. The zero-order chi connectivity index (χ0) is 9.94. The molecular formula is C6H7O6. The van der Waals surface area contributed by atoms with Crippen molar-refractivity contribution in [3.05, 3.63) is 6.92 Å². The minimum atomic E-state index is -2.82. The Hall–Kier alpha value is -1.59. The Labute approximate surface area is 67.4 Å². The van der Waals surface area contributed by atoms with Gasteiger partial charge in [0.2, 0.25) is 0 Å². The maximum absolute atomic E-state index is 10.3. The van der Waals surface area contributed by atoms with Crippen LogP contribution in [0.2, 0.25) is 0 Å². The van der Waals surface area contributed by atoms with Gasteiger partial charge in [0.05, 0.1) is 0 Å². The van der Waals surface area contributed by atoms with Gasteiger partial charge in [0.25, 0.3) is 5.41 Å². The average Bonchev–Trinajstić information content (AvgIpc) is 1.86. The summed E-state index contributed by atoms with van der Waals surface area (Å²) >= 11 is 0. The molecule has 0 aliphatic carbocycles. The first-order valence-corrected chi connectivity index (χ1v) is 2.89. The van der Waals surface area contributed by atoms with Gasteiger partial charge in [-0.2, -0.15) is 0 Å². The summed E-state index contributed by atoms with van der Waals surface area (Å²) in [5.41, 5.74) is -2.82. The summed E-state index contributed by atoms with van der Waals surface area (Å²) in [6, 6.07) is 0. The van der Waals surface area contributed by atoms with Crippen molar-refractivity contribution in [2.24, 2.45) is 5.41 Å². The highest BCUT2D eigenvalue weighted by Gasteiger charge is 2.52. The molecule has 67 valence electrons. The van der Waals surface area contributed by atoms with E-state index in [1.54, 1.807) is 0 Å². The molecule has 0 aliphatic heterocycles. The number of hydrogen-bond donors (Lipinski definition) is 3. The quantitative estimate of drug-likeness (QED) is 0.494. The number of carboxylic acids is 3. The van der Waals surface area contributed by atoms with Crippen LogP contribution in [0.15, 0.2) is 0 Å². The van der Waals surface area contributed by atoms with Crippen molar-refractivity contribution < 1.29 is 29.7 Å². The van der Waals surface area contributed by atoms with Gasteiger partial charge >= 0.3 is 17.9 Å². The molecule has 0 unspecified atom stereocenters. The molecule has 0 aromatic heterocycles. The third kappa shape index (κ3) is 1.23. The van der Waals surface area contributed by atoms with Crippen molar-refractivity contribution in [2.45, 2.75) is 6.42 Å². The van der Waals surface area contributed by atoms with Gasteiger partial charge in [-0.3, -0.25) is 14.4 Å². The zero-order valence-electron chi connectivity index (χ0n) is 5.98. The van der Waals surface area contributed by atoms with E-state index in [-0.39, 0.29) is 0 Å². The molecule has 6 heteroatoms. The van der Waals surface area contributed by atoms with Crippen LogP contribution in [0.1, 0.15) is 6.42 Å². The Bertz CT molecular complexity index is 194. The first kappa shape index (κ1) is 10.4. The molecular weight excluding hydrogens is 168 g/mol. The molecule has 0 saturated carbocycles. The molecule has 3 N–H and O–H groups in total. The van der Waals surface area contributed by atoms with Gasteiger partial charge < -0.3 is 15.3 Å². The molecule has 0 bridgehead atoms. The van der Waals surface area contributed by atoms with Gasteiger partial charge in [-0.05, 0) is 6.42 Å². The van der Waals surface area contributed by atoms with E-state index in [2.05, 4.69) is 6.92 Å². The fraction of sp³-hybridized carbons (Fsp3) is 0.333. The lowest BCUT2D eigenvalue weighted by atomic mass is 9.85. The van der Waals surface area contributed by atoms with Crippen LogP contribution in [0.4, 0.5) is 0 Å². The van der Waals surface area contributed by atoms with Crippen molar-refractivity contribution in [1.82, 2.24) is 0 Å². The molecule has 0 atom stereocenters. The lowest BCUT2D eigenvalue weighted by Crippen LogP contribution is -2.45. The first-order valence-electron chi connectivity index (χ1n) is 2.89. The van der Waals surface area contributed by atoms with E-state index in [9.17, 15) is 14.4 Å². The third-order valence-electron chi connectivity index (χ3n) is 1.47. The highest BCUT2D eigenvalue weighted by Crippen LogP contribution is 2.22. The highest BCUT2D eigenvalue weighted by atomic mass is 16.4. The second-order valence-electron chi connectivity index (χ2n) is 2.07. The Balaban J connectivity index is 5.19. The molecule has 0 fully saturated rings. The van der Waals surface area contributed by atoms with Crippen LogP contribution in [0.25, 0.3) is 0 Å². The Morgan fingerprint density at radius 2 is 1.25 bits per heavy atom. The number of aliphatic carboxylic acids is 3. The van der Waals surface area contributed by atoms with Crippen molar-refractivity contribution in [2.75, 3.05) is 0 Å². The van der Waals surface area contributed by atoms with Crippen molar-refractivity contribution in [1.29, 1.82) is 0 Å². The number of carbonyl (C=O) groups is 3. The van der Waals surface area contributed by atoms with Crippen LogP contribution in [0.5, 0.6) is 0 Å². The molecule has 6 nitrogen and oxygen atoms in total. The summed E-state index contributed by atoms with van der Waals surface area (Å²) in [7, 11) is 0. The van der Waals surface area contributed by atoms with Crippen LogP contribution >= 0.6 is 0 Å². The van der Waals surface area contributed by atoms with Gasteiger partial charge in [0, 0.05) is 0 Å². The topological polar surface area (TPSA) is 112 Å². The van der Waals surface area contributed by atoms with Gasteiger partial charge in [0.1, 0.15) is 0 Å². The molecule has 1 radical (unpaired) electrons. The molecule has 0 heterocycles. The van der Waals surface area contributed by atoms with Crippen molar-refractivity contribution in [3.63, 3.8) is 0 Å². The molecule has 0 amide bonds. The van der Waals surface area contributed by atoms with Gasteiger partial charge in [-0.25, -0.2) is 0 Å². The molecule has 0 aromatic carbocycles. The van der Waals surface area contributed by atoms with Crippen LogP contribution in [-0.4, -0.2) is 33.2 Å². The number of carboxylic acid groups (broad SMARTS) is 3. The molecule has 0 saturated heterocycles. The monoisotopic (exact) mass is 175 g/mol. The lowest BCUT2D eigenvalue weighted by molar-refractivity contribution is -0.175. The van der Waals surface area contributed by atoms with Crippen LogP contribution in [-0.2, 0) is 14.4 Å². The van der Waals surface area contributed by atoms with E-state index in [1.807, 2.05) is 0 Å². The van der Waals surface area contributed by atoms with E-state index in [4.69, 9.17) is 15.3 Å². The molecule has 0 rings (SSSR count). The smallest absolute Gasteiger partial charge is 0.332 e. The number of rotatable bonds is 4. The van der Waals surface area contributed by atoms with Gasteiger partial charge in [-0.1, -0.05) is 6.92 Å². The SMILES string of the molecule is [CH2]CC(C(=O)O)(C(=O)O)C(=O)O. The Morgan fingerprint density at radius 1 is 1.00 bits per heavy atom. The lowest BCUT2D eigenvalue weighted by Gasteiger charge is -2.16. The second-order valence-corrected chi connectivity index (χ2v) is 2.07. The highest BCUT2D eigenvalue weighted by molar-refractivity contribution is 6.16. The predicted molar refractivity (Wildman–Crippen MR) is 35.3 cm³/mol. The van der Waals surface area contributed by atoms with E-state index >= 15 is 0 Å². The summed E-state index contributed by atoms with van der Waals surface area (Å²) in [5, 5.41) is 25.1. The van der Waals surface area contributed by atoms with Crippen LogP contribution in [0, 0.1) is 12.3 Å². The van der Waals surface area contributed by atoms with Crippen molar-refractivity contribution >= 4 is 17.9 Å². The average molecular weight is 175 g/mol. The summed E-state index contributed by atoms with van der Waals surface area (Å²) < 4.78 is 0. The minimum Gasteiger partial charge on any atom is -0.480 e. The summed E-state index contributed by atoms with van der Waals surface area (Å²) in [6.07, 6.45) is -0.743. The van der Waals surface area contributed by atoms with E-state index < -0.39 is 29.7 Å². The van der Waals surface area contributed by atoms with Gasteiger partial charge in [0.15, 0.2) is 0 Å². The second kappa shape index (κ2) is 3.21. The largest absolute Gasteiger partial charge is 0.480 e. The molecule has 0 aromatic rings.